The van der Waals surface area contributed by atoms with Gasteiger partial charge in [-0.25, -0.2) is 0 Å². The highest BCUT2D eigenvalue weighted by Crippen LogP contribution is 2.30. The van der Waals surface area contributed by atoms with Crippen LogP contribution in [-0.2, 0) is 18.3 Å². The maximum atomic E-state index is 9.20. The highest BCUT2D eigenvalue weighted by Gasteiger charge is 2.20. The molecule has 0 saturated carbocycles. The van der Waals surface area contributed by atoms with Gasteiger partial charge < -0.3 is 5.11 Å². The Morgan fingerprint density at radius 3 is 2.62 bits per heavy atom. The first-order valence-corrected chi connectivity index (χ1v) is 6.24. The SMILES string of the molecule is CC(C)(C)c1ccc2c(c1)CCC(CO)C2. The van der Waals surface area contributed by atoms with E-state index in [2.05, 4.69) is 39.0 Å². The molecule has 0 fully saturated rings. The van der Waals surface area contributed by atoms with Gasteiger partial charge in [0.1, 0.15) is 0 Å². The van der Waals surface area contributed by atoms with E-state index in [-0.39, 0.29) is 5.41 Å². The van der Waals surface area contributed by atoms with E-state index in [1.807, 2.05) is 0 Å². The summed E-state index contributed by atoms with van der Waals surface area (Å²) in [5, 5.41) is 9.20. The van der Waals surface area contributed by atoms with Crippen LogP contribution in [0, 0.1) is 5.92 Å². The van der Waals surface area contributed by atoms with E-state index in [4.69, 9.17) is 0 Å². The molecule has 1 atom stereocenters. The first-order valence-electron chi connectivity index (χ1n) is 6.24. The summed E-state index contributed by atoms with van der Waals surface area (Å²) >= 11 is 0. The summed E-state index contributed by atoms with van der Waals surface area (Å²) in [5.41, 5.74) is 4.60. The fourth-order valence-electron chi connectivity index (χ4n) is 2.45. The summed E-state index contributed by atoms with van der Waals surface area (Å²) in [5.74, 6) is 0.480. The van der Waals surface area contributed by atoms with E-state index in [1.165, 1.54) is 16.7 Å². The van der Waals surface area contributed by atoms with Gasteiger partial charge in [0.15, 0.2) is 0 Å². The van der Waals surface area contributed by atoms with Gasteiger partial charge in [-0.15, -0.1) is 0 Å². The molecule has 1 aromatic carbocycles. The molecule has 2 rings (SSSR count). The minimum atomic E-state index is 0.239. The summed E-state index contributed by atoms with van der Waals surface area (Å²) < 4.78 is 0. The molecule has 1 aliphatic carbocycles. The van der Waals surface area contributed by atoms with E-state index in [0.29, 0.717) is 12.5 Å². The molecule has 0 amide bonds. The number of hydrogen-bond acceptors (Lipinski definition) is 1. The third-order valence-corrected chi connectivity index (χ3v) is 3.66. The molecular formula is C15H22O. The molecule has 1 nitrogen and oxygen atoms in total. The minimum Gasteiger partial charge on any atom is -0.396 e. The number of hydrogen-bond donors (Lipinski definition) is 1. The lowest BCUT2D eigenvalue weighted by Crippen LogP contribution is -2.19. The van der Waals surface area contributed by atoms with Crippen LogP contribution in [0.1, 0.15) is 43.9 Å². The van der Waals surface area contributed by atoms with Crippen molar-refractivity contribution < 1.29 is 5.11 Å². The van der Waals surface area contributed by atoms with Crippen molar-refractivity contribution in [3.05, 3.63) is 34.9 Å². The Morgan fingerprint density at radius 2 is 2.00 bits per heavy atom. The van der Waals surface area contributed by atoms with Gasteiger partial charge in [-0.05, 0) is 47.3 Å². The van der Waals surface area contributed by atoms with Crippen LogP contribution in [0.4, 0.5) is 0 Å². The molecule has 0 bridgehead atoms. The van der Waals surface area contributed by atoms with Gasteiger partial charge in [0.05, 0.1) is 0 Å². The van der Waals surface area contributed by atoms with Crippen LogP contribution < -0.4 is 0 Å². The average molecular weight is 218 g/mol. The van der Waals surface area contributed by atoms with Gasteiger partial charge >= 0.3 is 0 Å². The van der Waals surface area contributed by atoms with E-state index in [1.54, 1.807) is 0 Å². The number of aliphatic hydroxyl groups is 1. The fraction of sp³-hybridized carbons (Fsp3) is 0.600. The Hall–Kier alpha value is -0.820. The van der Waals surface area contributed by atoms with Gasteiger partial charge in [0, 0.05) is 6.61 Å². The molecule has 0 aromatic heterocycles. The van der Waals surface area contributed by atoms with Crippen molar-refractivity contribution in [1.82, 2.24) is 0 Å². The predicted octanol–water partition coefficient (Wildman–Crippen LogP) is 3.08. The third-order valence-electron chi connectivity index (χ3n) is 3.66. The fourth-order valence-corrected chi connectivity index (χ4v) is 2.45. The largest absolute Gasteiger partial charge is 0.396 e. The molecule has 0 aliphatic heterocycles. The normalized spacial score (nSPS) is 20.6. The summed E-state index contributed by atoms with van der Waals surface area (Å²) in [4.78, 5) is 0. The van der Waals surface area contributed by atoms with Crippen LogP contribution >= 0.6 is 0 Å². The molecule has 0 heterocycles. The summed E-state index contributed by atoms with van der Waals surface area (Å²) in [6.45, 7) is 7.11. The van der Waals surface area contributed by atoms with Crippen molar-refractivity contribution in [2.45, 2.75) is 45.4 Å². The number of fused-ring (bicyclic) bond motifs is 1. The quantitative estimate of drug-likeness (QED) is 0.768. The molecule has 1 heteroatoms. The zero-order valence-corrected chi connectivity index (χ0v) is 10.6. The Bertz CT molecular complexity index is 374. The lowest BCUT2D eigenvalue weighted by molar-refractivity contribution is 0.213. The van der Waals surface area contributed by atoms with Gasteiger partial charge in [-0.1, -0.05) is 39.0 Å². The molecule has 0 radical (unpaired) electrons. The molecule has 88 valence electrons. The van der Waals surface area contributed by atoms with Crippen LogP contribution in [0.25, 0.3) is 0 Å². The molecule has 0 saturated heterocycles. The lowest BCUT2D eigenvalue weighted by atomic mass is 9.79. The predicted molar refractivity (Wildman–Crippen MR) is 67.7 cm³/mol. The second-order valence-corrected chi connectivity index (χ2v) is 6.02. The van der Waals surface area contributed by atoms with Crippen molar-refractivity contribution in [3.63, 3.8) is 0 Å². The van der Waals surface area contributed by atoms with Crippen LogP contribution in [0.15, 0.2) is 18.2 Å². The Morgan fingerprint density at radius 1 is 1.25 bits per heavy atom. The van der Waals surface area contributed by atoms with Crippen molar-refractivity contribution >= 4 is 0 Å². The third kappa shape index (κ3) is 2.30. The minimum absolute atomic E-state index is 0.239. The number of aliphatic hydroxyl groups excluding tert-OH is 1. The monoisotopic (exact) mass is 218 g/mol. The summed E-state index contributed by atoms with van der Waals surface area (Å²) in [6.07, 6.45) is 3.32. The zero-order valence-electron chi connectivity index (χ0n) is 10.6. The van der Waals surface area contributed by atoms with Crippen molar-refractivity contribution in [2.24, 2.45) is 5.92 Å². The Labute approximate surface area is 98.5 Å². The topological polar surface area (TPSA) is 20.2 Å². The van der Waals surface area contributed by atoms with Gasteiger partial charge in [-0.2, -0.15) is 0 Å². The maximum Gasteiger partial charge on any atom is 0.0462 e. The molecule has 1 unspecified atom stereocenters. The molecule has 0 spiro atoms. The molecule has 1 N–H and O–H groups in total. The first-order chi connectivity index (χ1) is 7.50. The smallest absolute Gasteiger partial charge is 0.0462 e. The van der Waals surface area contributed by atoms with E-state index < -0.39 is 0 Å². The zero-order chi connectivity index (χ0) is 11.8. The first kappa shape index (κ1) is 11.7. The summed E-state index contributed by atoms with van der Waals surface area (Å²) in [6, 6.07) is 6.87. The summed E-state index contributed by atoms with van der Waals surface area (Å²) in [7, 11) is 0. The Balaban J connectivity index is 2.28. The van der Waals surface area contributed by atoms with Crippen LogP contribution in [0.5, 0.6) is 0 Å². The highest BCUT2D eigenvalue weighted by molar-refractivity contribution is 5.37. The van der Waals surface area contributed by atoms with Crippen LogP contribution in [-0.4, -0.2) is 11.7 Å². The second kappa shape index (κ2) is 4.21. The molecule has 1 aliphatic rings. The standard InChI is InChI=1S/C15H22O/c1-15(2,3)14-7-6-12-8-11(10-16)4-5-13(12)9-14/h6-7,9,11,16H,4-5,8,10H2,1-3H3. The van der Waals surface area contributed by atoms with Crippen LogP contribution in [0.3, 0.4) is 0 Å². The second-order valence-electron chi connectivity index (χ2n) is 6.02. The van der Waals surface area contributed by atoms with Gasteiger partial charge in [0.25, 0.3) is 0 Å². The Kier molecular flexibility index (Phi) is 3.07. The molecule has 1 aromatic rings. The van der Waals surface area contributed by atoms with E-state index >= 15 is 0 Å². The maximum absolute atomic E-state index is 9.20. The van der Waals surface area contributed by atoms with Crippen molar-refractivity contribution in [2.75, 3.05) is 6.61 Å². The number of aryl methyl sites for hydroxylation is 1. The number of benzene rings is 1. The number of rotatable bonds is 1. The lowest BCUT2D eigenvalue weighted by Gasteiger charge is -2.26. The van der Waals surface area contributed by atoms with Crippen molar-refractivity contribution in [1.29, 1.82) is 0 Å². The van der Waals surface area contributed by atoms with Gasteiger partial charge in [-0.3, -0.25) is 0 Å². The van der Waals surface area contributed by atoms with Gasteiger partial charge in [0.2, 0.25) is 0 Å². The van der Waals surface area contributed by atoms with E-state index in [0.717, 1.165) is 19.3 Å². The molecule has 16 heavy (non-hydrogen) atoms. The van der Waals surface area contributed by atoms with E-state index in [9.17, 15) is 5.11 Å². The average Bonchev–Trinajstić information content (AvgIpc) is 2.26. The highest BCUT2D eigenvalue weighted by atomic mass is 16.3. The molecular weight excluding hydrogens is 196 g/mol. The van der Waals surface area contributed by atoms with Crippen molar-refractivity contribution in [3.8, 4) is 0 Å². The van der Waals surface area contributed by atoms with Crippen LogP contribution in [0.2, 0.25) is 0 Å².